The van der Waals surface area contributed by atoms with Crippen LogP contribution in [0.4, 0.5) is 0 Å². The summed E-state index contributed by atoms with van der Waals surface area (Å²) in [5, 5.41) is -0.517. The normalized spacial score (nSPS) is 17.0. The topological polar surface area (TPSA) is 72.2 Å². The molecule has 2 unspecified atom stereocenters. The van der Waals surface area contributed by atoms with E-state index in [0.717, 1.165) is 6.42 Å². The van der Waals surface area contributed by atoms with Gasteiger partial charge in [-0.3, -0.25) is 0 Å². The minimum Gasteiger partial charge on any atom is -0.329 e. The van der Waals surface area contributed by atoms with Crippen LogP contribution in [0.15, 0.2) is 0 Å². The molecule has 0 radical (unpaired) electrons. The first-order valence-electron chi connectivity index (χ1n) is 5.00. The average Bonchev–Trinajstić information content (AvgIpc) is 1.99. The lowest BCUT2D eigenvalue weighted by atomic mass is 10.1. The number of nitrogens with two attached hydrogens (primary N) is 1. The zero-order chi connectivity index (χ0) is 11.4. The van der Waals surface area contributed by atoms with Gasteiger partial charge in [-0.25, -0.2) is 13.1 Å². The van der Waals surface area contributed by atoms with E-state index in [1.165, 1.54) is 0 Å². The van der Waals surface area contributed by atoms with Gasteiger partial charge in [0.15, 0.2) is 0 Å². The Morgan fingerprint density at radius 2 is 1.71 bits per heavy atom. The van der Waals surface area contributed by atoms with Crippen molar-refractivity contribution in [2.45, 2.75) is 45.4 Å². The van der Waals surface area contributed by atoms with Gasteiger partial charge in [0.2, 0.25) is 10.0 Å². The SMILES string of the molecule is CC(C)CC(C)NS(=O)(=O)C(C)CN. The zero-order valence-electron chi connectivity index (χ0n) is 9.45. The van der Waals surface area contributed by atoms with Crippen LogP contribution in [-0.2, 0) is 10.0 Å². The molecule has 0 aromatic carbocycles. The largest absolute Gasteiger partial charge is 0.329 e. The molecule has 0 aliphatic heterocycles. The van der Waals surface area contributed by atoms with E-state index in [0.29, 0.717) is 5.92 Å². The van der Waals surface area contributed by atoms with E-state index in [1.54, 1.807) is 6.92 Å². The predicted molar refractivity (Wildman–Crippen MR) is 59.5 cm³/mol. The van der Waals surface area contributed by atoms with Crippen molar-refractivity contribution in [1.82, 2.24) is 4.72 Å². The first kappa shape index (κ1) is 13.9. The molecule has 0 fully saturated rings. The fourth-order valence-electron chi connectivity index (χ4n) is 1.28. The molecule has 0 saturated carbocycles. The van der Waals surface area contributed by atoms with E-state index < -0.39 is 15.3 Å². The van der Waals surface area contributed by atoms with Crippen LogP contribution in [0, 0.1) is 5.92 Å². The monoisotopic (exact) mass is 222 g/mol. The Morgan fingerprint density at radius 1 is 1.21 bits per heavy atom. The van der Waals surface area contributed by atoms with Crippen LogP contribution < -0.4 is 10.5 Å². The van der Waals surface area contributed by atoms with Gasteiger partial charge >= 0.3 is 0 Å². The number of hydrogen-bond acceptors (Lipinski definition) is 3. The first-order chi connectivity index (χ1) is 6.29. The average molecular weight is 222 g/mol. The fourth-order valence-corrected chi connectivity index (χ4v) is 2.42. The highest BCUT2D eigenvalue weighted by molar-refractivity contribution is 7.90. The molecule has 14 heavy (non-hydrogen) atoms. The first-order valence-corrected chi connectivity index (χ1v) is 6.55. The summed E-state index contributed by atoms with van der Waals surface area (Å²) in [7, 11) is -3.23. The molecule has 0 saturated heterocycles. The number of rotatable bonds is 6. The Bertz CT molecular complexity index is 250. The third kappa shape index (κ3) is 4.93. The van der Waals surface area contributed by atoms with Gasteiger partial charge in [0.05, 0.1) is 5.25 Å². The summed E-state index contributed by atoms with van der Waals surface area (Å²) in [5.74, 6) is 0.487. The van der Waals surface area contributed by atoms with Crippen LogP contribution >= 0.6 is 0 Å². The highest BCUT2D eigenvalue weighted by atomic mass is 32.2. The summed E-state index contributed by atoms with van der Waals surface area (Å²) in [6, 6.07) is -0.0194. The lowest BCUT2D eigenvalue weighted by molar-refractivity contribution is 0.479. The molecule has 0 aromatic heterocycles. The van der Waals surface area contributed by atoms with Gasteiger partial charge in [-0.15, -0.1) is 0 Å². The molecular formula is C9H22N2O2S. The second-order valence-electron chi connectivity index (χ2n) is 4.24. The van der Waals surface area contributed by atoms with Gasteiger partial charge in [0.25, 0.3) is 0 Å². The molecule has 0 spiro atoms. The van der Waals surface area contributed by atoms with Crippen LogP contribution in [0.25, 0.3) is 0 Å². The minimum atomic E-state index is -3.23. The predicted octanol–water partition coefficient (Wildman–Crippen LogP) is 0.688. The molecule has 0 aliphatic carbocycles. The van der Waals surface area contributed by atoms with Crippen LogP contribution in [0.2, 0.25) is 0 Å². The molecule has 0 amide bonds. The van der Waals surface area contributed by atoms with E-state index in [1.807, 2.05) is 6.92 Å². The smallest absolute Gasteiger partial charge is 0.215 e. The van der Waals surface area contributed by atoms with Gasteiger partial charge in [0.1, 0.15) is 0 Å². The zero-order valence-corrected chi connectivity index (χ0v) is 10.3. The fraction of sp³-hybridized carbons (Fsp3) is 1.00. The Morgan fingerprint density at radius 3 is 2.07 bits per heavy atom. The molecule has 2 atom stereocenters. The third-order valence-electron chi connectivity index (χ3n) is 2.05. The second-order valence-corrected chi connectivity index (χ2v) is 6.37. The van der Waals surface area contributed by atoms with Gasteiger partial charge in [-0.2, -0.15) is 0 Å². The summed E-state index contributed by atoms with van der Waals surface area (Å²) in [4.78, 5) is 0. The van der Waals surface area contributed by atoms with Gasteiger partial charge in [0, 0.05) is 12.6 Å². The van der Waals surface area contributed by atoms with E-state index >= 15 is 0 Å². The highest BCUT2D eigenvalue weighted by Gasteiger charge is 2.21. The van der Waals surface area contributed by atoms with Crippen LogP contribution in [0.5, 0.6) is 0 Å². The van der Waals surface area contributed by atoms with Gasteiger partial charge < -0.3 is 5.73 Å². The molecule has 86 valence electrons. The summed E-state index contributed by atoms with van der Waals surface area (Å²) in [6.07, 6.45) is 0.844. The molecule has 3 N–H and O–H groups in total. The van der Waals surface area contributed by atoms with Crippen LogP contribution in [0.1, 0.15) is 34.1 Å². The highest BCUT2D eigenvalue weighted by Crippen LogP contribution is 2.06. The van der Waals surface area contributed by atoms with Crippen molar-refractivity contribution >= 4 is 10.0 Å². The van der Waals surface area contributed by atoms with Gasteiger partial charge in [-0.05, 0) is 26.2 Å². The number of sulfonamides is 1. The summed E-state index contributed by atoms with van der Waals surface area (Å²) >= 11 is 0. The standard InChI is InChI=1S/C9H22N2O2S/c1-7(2)5-8(3)11-14(12,13)9(4)6-10/h7-9,11H,5-6,10H2,1-4H3. The van der Waals surface area contributed by atoms with Crippen LogP contribution in [-0.4, -0.2) is 26.3 Å². The molecule has 5 heteroatoms. The quantitative estimate of drug-likeness (QED) is 0.694. The van der Waals surface area contributed by atoms with E-state index in [4.69, 9.17) is 5.73 Å². The van der Waals surface area contributed by atoms with E-state index in [9.17, 15) is 8.42 Å². The van der Waals surface area contributed by atoms with Crippen molar-refractivity contribution in [1.29, 1.82) is 0 Å². The molecular weight excluding hydrogens is 200 g/mol. The molecule has 4 nitrogen and oxygen atoms in total. The molecule has 0 aromatic rings. The van der Waals surface area contributed by atoms with Crippen molar-refractivity contribution in [3.63, 3.8) is 0 Å². The molecule has 0 bridgehead atoms. The maximum atomic E-state index is 11.6. The molecule has 0 aliphatic rings. The van der Waals surface area contributed by atoms with Crippen molar-refractivity contribution in [3.05, 3.63) is 0 Å². The number of nitrogens with one attached hydrogen (secondary N) is 1. The Labute approximate surface area is 87.3 Å². The summed E-state index contributed by atoms with van der Waals surface area (Å²) in [6.45, 7) is 7.78. The van der Waals surface area contributed by atoms with Crippen molar-refractivity contribution < 1.29 is 8.42 Å². The van der Waals surface area contributed by atoms with Crippen LogP contribution in [0.3, 0.4) is 0 Å². The van der Waals surface area contributed by atoms with Crippen molar-refractivity contribution in [2.75, 3.05) is 6.54 Å². The maximum Gasteiger partial charge on any atom is 0.215 e. The number of hydrogen-bond donors (Lipinski definition) is 2. The minimum absolute atomic E-state index is 0.0194. The van der Waals surface area contributed by atoms with E-state index in [-0.39, 0.29) is 12.6 Å². The lowest BCUT2D eigenvalue weighted by Gasteiger charge is -2.18. The Hall–Kier alpha value is -0.130. The van der Waals surface area contributed by atoms with Gasteiger partial charge in [-0.1, -0.05) is 13.8 Å². The van der Waals surface area contributed by atoms with Crippen molar-refractivity contribution in [2.24, 2.45) is 11.7 Å². The van der Waals surface area contributed by atoms with E-state index in [2.05, 4.69) is 18.6 Å². The summed E-state index contributed by atoms with van der Waals surface area (Å²) < 4.78 is 25.8. The Balaban J connectivity index is 4.23. The lowest BCUT2D eigenvalue weighted by Crippen LogP contribution is -2.41. The summed E-state index contributed by atoms with van der Waals surface area (Å²) in [5.41, 5.74) is 5.32. The second kappa shape index (κ2) is 5.68. The Kier molecular flexibility index (Phi) is 5.63. The third-order valence-corrected chi connectivity index (χ3v) is 4.03. The maximum absolute atomic E-state index is 11.6. The molecule has 0 rings (SSSR count). The van der Waals surface area contributed by atoms with Crippen molar-refractivity contribution in [3.8, 4) is 0 Å². The molecule has 0 heterocycles.